The van der Waals surface area contributed by atoms with Crippen molar-refractivity contribution in [2.75, 3.05) is 13.2 Å². The Kier molecular flexibility index (Phi) is 3.22. The van der Waals surface area contributed by atoms with Gasteiger partial charge in [0.05, 0.1) is 25.3 Å². The fourth-order valence-corrected chi connectivity index (χ4v) is 0.957. The number of rotatable bonds is 1. The number of hydrazine groups is 1. The summed E-state index contributed by atoms with van der Waals surface area (Å²) in [5.41, 5.74) is 6.06. The third kappa shape index (κ3) is 2.11. The van der Waals surface area contributed by atoms with Crippen LogP contribution >= 0.6 is 0 Å². The number of carbonyl (C=O) groups excluding carboxylic acids is 1. The van der Waals surface area contributed by atoms with Gasteiger partial charge in [0.2, 0.25) is 0 Å². The molecule has 2 N–H and O–H groups in total. The van der Waals surface area contributed by atoms with Crippen LogP contribution in [0.1, 0.15) is 0 Å². The summed E-state index contributed by atoms with van der Waals surface area (Å²) >= 11 is 0. The SMILES string of the molecule is C1OCC2NNC12.C=CC=O. The molecule has 2 rings (SSSR count). The van der Waals surface area contributed by atoms with Crippen LogP contribution in [-0.4, -0.2) is 31.6 Å². The van der Waals surface area contributed by atoms with Gasteiger partial charge in [-0.2, -0.15) is 0 Å². The van der Waals surface area contributed by atoms with Crippen molar-refractivity contribution in [1.82, 2.24) is 10.9 Å². The third-order valence-electron chi connectivity index (χ3n) is 1.63. The highest BCUT2D eigenvalue weighted by atomic mass is 16.5. The summed E-state index contributed by atoms with van der Waals surface area (Å²) < 4.78 is 5.11. The van der Waals surface area contributed by atoms with E-state index in [1.165, 1.54) is 6.08 Å². The summed E-state index contributed by atoms with van der Waals surface area (Å²) in [7, 11) is 0. The molecule has 0 amide bonds. The van der Waals surface area contributed by atoms with Gasteiger partial charge in [-0.05, 0) is 6.08 Å². The molecule has 2 aliphatic rings. The molecule has 2 heterocycles. The van der Waals surface area contributed by atoms with Crippen LogP contribution in [0.4, 0.5) is 0 Å². The molecule has 2 fully saturated rings. The summed E-state index contributed by atoms with van der Waals surface area (Å²) in [6.07, 6.45) is 1.83. The second-order valence-electron chi connectivity index (χ2n) is 2.41. The Bertz CT molecular complexity index is 133. The third-order valence-corrected chi connectivity index (χ3v) is 1.63. The normalized spacial score (nSPS) is 32.4. The first-order valence-electron chi connectivity index (χ1n) is 3.53. The number of fused-ring (bicyclic) bond motifs is 1. The van der Waals surface area contributed by atoms with E-state index < -0.39 is 0 Å². The lowest BCUT2D eigenvalue weighted by Crippen LogP contribution is -2.66. The van der Waals surface area contributed by atoms with Crippen molar-refractivity contribution in [3.8, 4) is 0 Å². The maximum atomic E-state index is 9.06. The van der Waals surface area contributed by atoms with Crippen LogP contribution in [0.5, 0.6) is 0 Å². The molecule has 0 aromatic carbocycles. The van der Waals surface area contributed by atoms with Crippen LogP contribution in [0.25, 0.3) is 0 Å². The van der Waals surface area contributed by atoms with Gasteiger partial charge in [0.25, 0.3) is 0 Å². The van der Waals surface area contributed by atoms with Gasteiger partial charge in [-0.3, -0.25) is 15.6 Å². The van der Waals surface area contributed by atoms with Gasteiger partial charge < -0.3 is 4.74 Å². The van der Waals surface area contributed by atoms with Crippen LogP contribution in [0, 0.1) is 0 Å². The van der Waals surface area contributed by atoms with E-state index in [9.17, 15) is 0 Å². The summed E-state index contributed by atoms with van der Waals surface area (Å²) in [4.78, 5) is 9.06. The average Bonchev–Trinajstić information content (AvgIpc) is 2.31. The van der Waals surface area contributed by atoms with Crippen molar-refractivity contribution in [2.45, 2.75) is 12.1 Å². The van der Waals surface area contributed by atoms with E-state index in [2.05, 4.69) is 17.4 Å². The second-order valence-corrected chi connectivity index (χ2v) is 2.41. The van der Waals surface area contributed by atoms with Gasteiger partial charge in [-0.15, -0.1) is 0 Å². The molecular weight excluding hydrogens is 144 g/mol. The predicted molar refractivity (Wildman–Crippen MR) is 40.9 cm³/mol. The van der Waals surface area contributed by atoms with Crippen molar-refractivity contribution < 1.29 is 9.53 Å². The molecule has 0 spiro atoms. The number of carbonyl (C=O) groups is 1. The summed E-state index contributed by atoms with van der Waals surface area (Å²) in [6, 6.07) is 1.22. The molecule has 0 aromatic rings. The zero-order valence-electron chi connectivity index (χ0n) is 6.25. The first-order valence-corrected chi connectivity index (χ1v) is 3.53. The van der Waals surface area contributed by atoms with E-state index in [1.54, 1.807) is 0 Å². The molecule has 0 saturated carbocycles. The molecule has 4 nitrogen and oxygen atoms in total. The summed E-state index contributed by atoms with van der Waals surface area (Å²) in [6.45, 7) is 4.88. The number of ether oxygens (including phenoxy) is 1. The second kappa shape index (κ2) is 4.23. The smallest absolute Gasteiger partial charge is 0.142 e. The molecule has 0 aromatic heterocycles. The fraction of sp³-hybridized carbons (Fsp3) is 0.571. The number of nitrogens with one attached hydrogen (secondary N) is 2. The van der Waals surface area contributed by atoms with Gasteiger partial charge in [-0.1, -0.05) is 6.58 Å². The molecule has 2 saturated heterocycles. The van der Waals surface area contributed by atoms with E-state index in [0.717, 1.165) is 13.2 Å². The Hall–Kier alpha value is -0.710. The zero-order chi connectivity index (χ0) is 8.10. The quantitative estimate of drug-likeness (QED) is 0.387. The van der Waals surface area contributed by atoms with Gasteiger partial charge >= 0.3 is 0 Å². The lowest BCUT2D eigenvalue weighted by molar-refractivity contribution is -0.104. The molecule has 2 atom stereocenters. The van der Waals surface area contributed by atoms with E-state index in [0.29, 0.717) is 18.4 Å². The minimum atomic E-state index is 0.611. The zero-order valence-corrected chi connectivity index (χ0v) is 6.25. The monoisotopic (exact) mass is 156 g/mol. The molecular formula is C7H12N2O2. The first-order chi connectivity index (χ1) is 5.38. The minimum absolute atomic E-state index is 0.611. The fourth-order valence-electron chi connectivity index (χ4n) is 0.957. The summed E-state index contributed by atoms with van der Waals surface area (Å²) in [5.74, 6) is 0. The maximum Gasteiger partial charge on any atom is 0.142 e. The average molecular weight is 156 g/mol. The van der Waals surface area contributed by atoms with Crippen LogP contribution in [-0.2, 0) is 9.53 Å². The van der Waals surface area contributed by atoms with Gasteiger partial charge in [0.1, 0.15) is 6.29 Å². The number of allylic oxidation sites excluding steroid dienone is 1. The van der Waals surface area contributed by atoms with E-state index in [-0.39, 0.29) is 0 Å². The summed E-state index contributed by atoms with van der Waals surface area (Å²) in [5, 5.41) is 0. The molecule has 2 unspecified atom stereocenters. The van der Waals surface area contributed by atoms with Crippen molar-refractivity contribution in [1.29, 1.82) is 0 Å². The number of aldehydes is 1. The van der Waals surface area contributed by atoms with Crippen molar-refractivity contribution in [3.63, 3.8) is 0 Å². The van der Waals surface area contributed by atoms with E-state index >= 15 is 0 Å². The molecule has 0 radical (unpaired) electrons. The van der Waals surface area contributed by atoms with Gasteiger partial charge in [0, 0.05) is 0 Å². The highest BCUT2D eigenvalue weighted by Crippen LogP contribution is 2.09. The van der Waals surface area contributed by atoms with E-state index in [4.69, 9.17) is 9.53 Å². The maximum absolute atomic E-state index is 9.06. The molecule has 0 aliphatic carbocycles. The number of hydrogen-bond donors (Lipinski definition) is 2. The highest BCUT2D eigenvalue weighted by Gasteiger charge is 2.34. The Labute approximate surface area is 65.6 Å². The van der Waals surface area contributed by atoms with Gasteiger partial charge in [0.15, 0.2) is 0 Å². The van der Waals surface area contributed by atoms with Gasteiger partial charge in [-0.25, -0.2) is 0 Å². The Morgan fingerprint density at radius 3 is 2.00 bits per heavy atom. The van der Waals surface area contributed by atoms with Crippen LogP contribution < -0.4 is 10.9 Å². The molecule has 4 heteroatoms. The molecule has 0 bridgehead atoms. The largest absolute Gasteiger partial charge is 0.378 e. The molecule has 11 heavy (non-hydrogen) atoms. The van der Waals surface area contributed by atoms with Crippen LogP contribution in [0.3, 0.4) is 0 Å². The lowest BCUT2D eigenvalue weighted by Gasteiger charge is -2.30. The first kappa shape index (κ1) is 8.39. The highest BCUT2D eigenvalue weighted by molar-refractivity contribution is 5.63. The van der Waals surface area contributed by atoms with Crippen LogP contribution in [0.15, 0.2) is 12.7 Å². The minimum Gasteiger partial charge on any atom is -0.378 e. The lowest BCUT2D eigenvalue weighted by atomic mass is 10.1. The predicted octanol–water partition coefficient (Wildman–Crippen LogP) is -0.767. The van der Waals surface area contributed by atoms with Crippen LogP contribution in [0.2, 0.25) is 0 Å². The number of hydrogen-bond acceptors (Lipinski definition) is 4. The molecule has 2 aliphatic heterocycles. The van der Waals surface area contributed by atoms with E-state index in [1.807, 2.05) is 0 Å². The molecule has 62 valence electrons. The van der Waals surface area contributed by atoms with Crippen molar-refractivity contribution >= 4 is 6.29 Å². The Morgan fingerprint density at radius 1 is 1.36 bits per heavy atom. The topological polar surface area (TPSA) is 50.4 Å². The Morgan fingerprint density at radius 2 is 1.82 bits per heavy atom. The van der Waals surface area contributed by atoms with Crippen molar-refractivity contribution in [3.05, 3.63) is 12.7 Å². The Balaban J connectivity index is 0.000000134. The van der Waals surface area contributed by atoms with Crippen molar-refractivity contribution in [2.24, 2.45) is 0 Å². The standard InChI is InChI=1S/C4H8N2O.C3H4O/c1-3-4(2-7-1)6-5-3;1-2-3-4/h3-6H,1-2H2;2-3H,1H2.